The van der Waals surface area contributed by atoms with Gasteiger partial charge in [0.15, 0.2) is 0 Å². The van der Waals surface area contributed by atoms with E-state index in [2.05, 4.69) is 11.4 Å². The van der Waals surface area contributed by atoms with Crippen molar-refractivity contribution in [2.75, 3.05) is 19.8 Å². The molecule has 3 atom stereocenters. The Kier molecular flexibility index (Phi) is 6.02. The summed E-state index contributed by atoms with van der Waals surface area (Å²) in [6, 6.07) is 8.03. The average molecular weight is 369 g/mol. The van der Waals surface area contributed by atoms with E-state index in [1.807, 2.05) is 39.0 Å². The topological polar surface area (TPSA) is 73.6 Å². The summed E-state index contributed by atoms with van der Waals surface area (Å²) < 4.78 is 11.4. The summed E-state index contributed by atoms with van der Waals surface area (Å²) in [4.78, 5) is 12.7. The molecule has 1 amide bonds. The number of hydrogen-bond acceptors (Lipinski definition) is 4. The van der Waals surface area contributed by atoms with Crippen LogP contribution in [0.25, 0.3) is 0 Å². The van der Waals surface area contributed by atoms with Crippen molar-refractivity contribution in [3.63, 3.8) is 0 Å². The summed E-state index contributed by atoms with van der Waals surface area (Å²) in [5, 5.41) is 3.08. The third-order valence-corrected chi connectivity index (χ3v) is 5.83. The highest BCUT2D eigenvalue weighted by molar-refractivity contribution is 5.88. The first-order chi connectivity index (χ1) is 11.4. The number of carbonyl (C=O) groups excluding carboxylic acids is 1. The number of rotatable bonds is 5. The van der Waals surface area contributed by atoms with Crippen molar-refractivity contribution in [2.24, 2.45) is 11.1 Å². The highest BCUT2D eigenvalue weighted by Crippen LogP contribution is 2.49. The highest BCUT2D eigenvalue weighted by atomic mass is 35.5. The van der Waals surface area contributed by atoms with Gasteiger partial charge in [0, 0.05) is 30.9 Å². The van der Waals surface area contributed by atoms with Crippen molar-refractivity contribution < 1.29 is 14.3 Å². The number of halogens is 1. The van der Waals surface area contributed by atoms with Gasteiger partial charge in [0.25, 0.3) is 0 Å². The Morgan fingerprint density at radius 3 is 2.80 bits per heavy atom. The Morgan fingerprint density at radius 1 is 1.40 bits per heavy atom. The van der Waals surface area contributed by atoms with Gasteiger partial charge in [-0.2, -0.15) is 0 Å². The summed E-state index contributed by atoms with van der Waals surface area (Å²) in [6.07, 6.45) is 1.52. The van der Waals surface area contributed by atoms with Gasteiger partial charge >= 0.3 is 0 Å². The van der Waals surface area contributed by atoms with Crippen LogP contribution in [0.2, 0.25) is 0 Å². The van der Waals surface area contributed by atoms with Gasteiger partial charge in [-0.25, -0.2) is 0 Å². The molecule has 0 aromatic heterocycles. The fourth-order valence-electron chi connectivity index (χ4n) is 3.82. The smallest absolute Gasteiger partial charge is 0.240 e. The van der Waals surface area contributed by atoms with Gasteiger partial charge in [-0.3, -0.25) is 4.79 Å². The lowest BCUT2D eigenvalue weighted by atomic mass is 9.54. The first-order valence-electron chi connectivity index (χ1n) is 8.80. The summed E-state index contributed by atoms with van der Waals surface area (Å²) >= 11 is 0. The van der Waals surface area contributed by atoms with Gasteiger partial charge < -0.3 is 20.5 Å². The molecule has 1 saturated carbocycles. The van der Waals surface area contributed by atoms with Crippen LogP contribution in [0.3, 0.4) is 0 Å². The number of hydrogen-bond donors (Lipinski definition) is 2. The molecule has 0 bridgehead atoms. The van der Waals surface area contributed by atoms with E-state index < -0.39 is 5.54 Å². The number of para-hydroxylation sites is 1. The second kappa shape index (κ2) is 7.52. The molecule has 3 rings (SSSR count). The zero-order chi connectivity index (χ0) is 17.4. The van der Waals surface area contributed by atoms with E-state index in [0.717, 1.165) is 17.7 Å². The molecule has 1 aliphatic heterocycles. The van der Waals surface area contributed by atoms with Crippen molar-refractivity contribution in [3.8, 4) is 5.75 Å². The van der Waals surface area contributed by atoms with Gasteiger partial charge in [-0.1, -0.05) is 32.0 Å². The number of nitrogens with two attached hydrogens (primary N) is 1. The molecule has 2 aliphatic rings. The Morgan fingerprint density at radius 2 is 2.12 bits per heavy atom. The summed E-state index contributed by atoms with van der Waals surface area (Å²) in [5.74, 6) is 1.12. The molecule has 1 aromatic carbocycles. The summed E-state index contributed by atoms with van der Waals surface area (Å²) in [5.41, 5.74) is 6.38. The number of carbonyl (C=O) groups is 1. The van der Waals surface area contributed by atoms with Crippen molar-refractivity contribution in [1.82, 2.24) is 5.32 Å². The van der Waals surface area contributed by atoms with Crippen LogP contribution in [0.15, 0.2) is 24.3 Å². The standard InChI is InChI=1S/C19H28N2O3.ClH/c1-4-23-16-11-19(20,18(16,2)3)17(22)21-12-13-9-10-24-15-8-6-5-7-14(13)15;/h5-8,13,16H,4,9-12,20H2,1-3H3,(H,21,22);1H. The highest BCUT2D eigenvalue weighted by Gasteiger charge is 2.62. The fourth-order valence-corrected chi connectivity index (χ4v) is 3.82. The lowest BCUT2D eigenvalue weighted by Gasteiger charge is -2.57. The van der Waals surface area contributed by atoms with Crippen molar-refractivity contribution in [2.45, 2.75) is 51.2 Å². The predicted molar refractivity (Wildman–Crippen MR) is 100 cm³/mol. The quantitative estimate of drug-likeness (QED) is 0.837. The van der Waals surface area contributed by atoms with Crippen molar-refractivity contribution in [1.29, 1.82) is 0 Å². The van der Waals surface area contributed by atoms with Gasteiger partial charge in [0.1, 0.15) is 11.3 Å². The lowest BCUT2D eigenvalue weighted by Crippen LogP contribution is -2.75. The van der Waals surface area contributed by atoms with E-state index in [4.69, 9.17) is 15.2 Å². The summed E-state index contributed by atoms with van der Waals surface area (Å²) in [6.45, 7) is 7.91. The van der Waals surface area contributed by atoms with E-state index in [1.54, 1.807) is 0 Å². The molecular weight excluding hydrogens is 340 g/mol. The van der Waals surface area contributed by atoms with Gasteiger partial charge in [0.05, 0.1) is 12.7 Å². The zero-order valence-electron chi connectivity index (χ0n) is 15.2. The fraction of sp³-hybridized carbons (Fsp3) is 0.632. The molecule has 6 heteroatoms. The molecule has 5 nitrogen and oxygen atoms in total. The van der Waals surface area contributed by atoms with Crippen LogP contribution in [0.4, 0.5) is 0 Å². The minimum atomic E-state index is -0.864. The Hall–Kier alpha value is -1.30. The average Bonchev–Trinajstić information content (AvgIpc) is 2.59. The van der Waals surface area contributed by atoms with E-state index >= 15 is 0 Å². The zero-order valence-corrected chi connectivity index (χ0v) is 16.0. The van der Waals surface area contributed by atoms with Crippen LogP contribution < -0.4 is 15.8 Å². The monoisotopic (exact) mass is 368 g/mol. The van der Waals surface area contributed by atoms with Crippen molar-refractivity contribution in [3.05, 3.63) is 29.8 Å². The summed E-state index contributed by atoms with van der Waals surface area (Å²) in [7, 11) is 0. The molecular formula is C19H29ClN2O3. The van der Waals surface area contributed by atoms with Gasteiger partial charge in [0.2, 0.25) is 5.91 Å². The minimum Gasteiger partial charge on any atom is -0.493 e. The number of amides is 1. The molecule has 3 unspecified atom stereocenters. The number of fused-ring (bicyclic) bond motifs is 1. The number of nitrogens with one attached hydrogen (secondary N) is 1. The third-order valence-electron chi connectivity index (χ3n) is 5.83. The van der Waals surface area contributed by atoms with Crippen LogP contribution in [-0.4, -0.2) is 37.3 Å². The molecule has 0 radical (unpaired) electrons. The lowest BCUT2D eigenvalue weighted by molar-refractivity contribution is -0.170. The Bertz CT molecular complexity index is 622. The van der Waals surface area contributed by atoms with E-state index in [-0.39, 0.29) is 35.8 Å². The molecule has 1 heterocycles. The molecule has 1 fully saturated rings. The Labute approximate surface area is 156 Å². The third kappa shape index (κ3) is 3.37. The maximum atomic E-state index is 12.7. The minimum absolute atomic E-state index is 0. The number of ether oxygens (including phenoxy) is 2. The van der Waals surface area contributed by atoms with E-state index in [1.165, 1.54) is 0 Å². The molecule has 0 saturated heterocycles. The molecule has 1 aliphatic carbocycles. The van der Waals surface area contributed by atoms with Crippen LogP contribution in [0.5, 0.6) is 5.75 Å². The molecule has 1 aromatic rings. The van der Waals surface area contributed by atoms with Gasteiger partial charge in [-0.05, 0) is 25.0 Å². The normalized spacial score (nSPS) is 29.4. The molecule has 3 N–H and O–H groups in total. The molecule has 140 valence electrons. The van der Waals surface area contributed by atoms with E-state index in [9.17, 15) is 4.79 Å². The van der Waals surface area contributed by atoms with Crippen LogP contribution >= 0.6 is 12.4 Å². The second-order valence-electron chi connectivity index (χ2n) is 7.42. The second-order valence-corrected chi connectivity index (χ2v) is 7.42. The first kappa shape index (κ1) is 20.0. The largest absolute Gasteiger partial charge is 0.493 e. The molecule has 0 spiro atoms. The first-order valence-corrected chi connectivity index (χ1v) is 8.80. The number of benzene rings is 1. The SMILES string of the molecule is CCOC1CC(N)(C(=O)NCC2CCOc3ccccc32)C1(C)C.Cl. The van der Waals surface area contributed by atoms with Gasteiger partial charge in [-0.15, -0.1) is 12.4 Å². The predicted octanol–water partition coefficient (Wildman–Crippen LogP) is 2.62. The van der Waals surface area contributed by atoms with E-state index in [0.29, 0.717) is 26.2 Å². The maximum Gasteiger partial charge on any atom is 0.240 e. The molecule has 25 heavy (non-hydrogen) atoms. The van der Waals surface area contributed by atoms with Crippen LogP contribution in [0, 0.1) is 5.41 Å². The Balaban J connectivity index is 0.00000225. The van der Waals surface area contributed by atoms with Crippen LogP contribution in [0.1, 0.15) is 45.1 Å². The maximum absolute atomic E-state index is 12.7. The van der Waals surface area contributed by atoms with Crippen molar-refractivity contribution >= 4 is 18.3 Å². The van der Waals surface area contributed by atoms with Crippen LogP contribution in [-0.2, 0) is 9.53 Å².